The van der Waals surface area contributed by atoms with E-state index in [2.05, 4.69) is 47.3 Å². The van der Waals surface area contributed by atoms with Crippen molar-refractivity contribution in [3.05, 3.63) is 108 Å². The zero-order chi connectivity index (χ0) is 21.8. The quantitative estimate of drug-likeness (QED) is 0.366. The summed E-state index contributed by atoms with van der Waals surface area (Å²) in [5.41, 5.74) is 5.28. The number of fused-ring (bicyclic) bond motifs is 4. The van der Waals surface area contributed by atoms with E-state index in [9.17, 15) is 9.18 Å². The molecule has 0 saturated carbocycles. The van der Waals surface area contributed by atoms with Crippen molar-refractivity contribution >= 4 is 39.1 Å². The van der Waals surface area contributed by atoms with E-state index in [0.29, 0.717) is 11.3 Å². The molecule has 1 aromatic heterocycles. The van der Waals surface area contributed by atoms with Crippen molar-refractivity contribution in [2.24, 2.45) is 7.05 Å². The largest absolute Gasteiger partial charge is 0.360 e. The van der Waals surface area contributed by atoms with Crippen LogP contribution in [0.25, 0.3) is 21.8 Å². The Bertz CT molecular complexity index is 1500. The number of carbonyl (C=O) groups is 1. The van der Waals surface area contributed by atoms with Gasteiger partial charge in [0, 0.05) is 40.2 Å². The zero-order valence-corrected chi connectivity index (χ0v) is 17.4. The molecule has 0 bridgehead atoms. The summed E-state index contributed by atoms with van der Waals surface area (Å²) < 4.78 is 15.8. The second kappa shape index (κ2) is 6.95. The van der Waals surface area contributed by atoms with Crippen LogP contribution in [0.15, 0.2) is 91.0 Å². The standard InChI is InChI=1S/C27H20FN3O/c1-30-24-9-5-3-6-20(24)22-16-17(10-15-25(22)30)26-29-23-8-4-2-7-21(23)27(32)31(26)19-13-11-18(28)12-14-19/h2-16,26,29H,1H3/t26-/m1/s1. The van der Waals surface area contributed by atoms with Crippen LogP contribution in [0.4, 0.5) is 15.8 Å². The van der Waals surface area contributed by atoms with Gasteiger partial charge in [0.2, 0.25) is 0 Å². The Kier molecular flexibility index (Phi) is 4.05. The lowest BCUT2D eigenvalue weighted by Gasteiger charge is -2.38. The molecular formula is C27H20FN3O. The van der Waals surface area contributed by atoms with Crippen LogP contribution < -0.4 is 10.2 Å². The number of hydrogen-bond donors (Lipinski definition) is 1. The highest BCUT2D eigenvalue weighted by atomic mass is 19.1. The van der Waals surface area contributed by atoms with Gasteiger partial charge in [-0.15, -0.1) is 0 Å². The average molecular weight is 421 g/mol. The highest BCUT2D eigenvalue weighted by molar-refractivity contribution is 6.12. The predicted molar refractivity (Wildman–Crippen MR) is 126 cm³/mol. The van der Waals surface area contributed by atoms with Crippen LogP contribution in [0.1, 0.15) is 22.1 Å². The fourth-order valence-electron chi connectivity index (χ4n) is 4.71. The van der Waals surface area contributed by atoms with Crippen LogP contribution >= 0.6 is 0 Å². The van der Waals surface area contributed by atoms with Gasteiger partial charge in [0.1, 0.15) is 12.0 Å². The lowest BCUT2D eigenvalue weighted by atomic mass is 10.0. The topological polar surface area (TPSA) is 37.3 Å². The fraction of sp³-hybridized carbons (Fsp3) is 0.0741. The number of aryl methyl sites for hydroxylation is 1. The molecule has 0 fully saturated rings. The summed E-state index contributed by atoms with van der Waals surface area (Å²) >= 11 is 0. The minimum Gasteiger partial charge on any atom is -0.360 e. The number of benzene rings is 4. The number of halogens is 1. The smallest absolute Gasteiger partial charge is 0.262 e. The van der Waals surface area contributed by atoms with Gasteiger partial charge in [-0.3, -0.25) is 9.69 Å². The Balaban J connectivity index is 1.56. The Morgan fingerprint density at radius 2 is 1.53 bits per heavy atom. The third kappa shape index (κ3) is 2.71. The summed E-state index contributed by atoms with van der Waals surface area (Å²) in [6.07, 6.45) is -0.425. The third-order valence-electron chi connectivity index (χ3n) is 6.28. The molecule has 0 spiro atoms. The molecule has 1 atom stereocenters. The van der Waals surface area contributed by atoms with Gasteiger partial charge in [0.15, 0.2) is 0 Å². The number of carbonyl (C=O) groups excluding carboxylic acids is 1. The van der Waals surface area contributed by atoms with E-state index in [4.69, 9.17) is 0 Å². The number of hydrogen-bond acceptors (Lipinski definition) is 2. The summed E-state index contributed by atoms with van der Waals surface area (Å²) in [5, 5.41) is 5.83. The van der Waals surface area contributed by atoms with E-state index in [0.717, 1.165) is 27.7 Å². The number of anilines is 2. The first kappa shape index (κ1) is 18.6. The summed E-state index contributed by atoms with van der Waals surface area (Å²) in [4.78, 5) is 15.3. The molecule has 1 aliphatic heterocycles. The van der Waals surface area contributed by atoms with E-state index in [1.807, 2.05) is 36.4 Å². The molecule has 5 aromatic rings. The first-order valence-electron chi connectivity index (χ1n) is 10.5. The molecular weight excluding hydrogens is 401 g/mol. The molecule has 32 heavy (non-hydrogen) atoms. The van der Waals surface area contributed by atoms with E-state index in [1.54, 1.807) is 17.0 Å². The van der Waals surface area contributed by atoms with Crippen LogP contribution in [-0.2, 0) is 7.05 Å². The van der Waals surface area contributed by atoms with Crippen molar-refractivity contribution in [2.45, 2.75) is 6.17 Å². The van der Waals surface area contributed by atoms with Gasteiger partial charge >= 0.3 is 0 Å². The number of aromatic nitrogens is 1. The van der Waals surface area contributed by atoms with Gasteiger partial charge in [0.25, 0.3) is 5.91 Å². The maximum absolute atomic E-state index is 13.6. The molecule has 2 heterocycles. The van der Waals surface area contributed by atoms with Crippen molar-refractivity contribution in [1.82, 2.24) is 4.57 Å². The molecule has 4 nitrogen and oxygen atoms in total. The molecule has 0 radical (unpaired) electrons. The molecule has 0 saturated heterocycles. The molecule has 156 valence electrons. The van der Waals surface area contributed by atoms with Gasteiger partial charge in [-0.1, -0.05) is 36.4 Å². The highest BCUT2D eigenvalue weighted by Crippen LogP contribution is 2.38. The number of amides is 1. The van der Waals surface area contributed by atoms with E-state index >= 15 is 0 Å². The Morgan fingerprint density at radius 1 is 0.812 bits per heavy atom. The van der Waals surface area contributed by atoms with E-state index in [-0.39, 0.29) is 11.7 Å². The number of rotatable bonds is 2. The second-order valence-corrected chi connectivity index (χ2v) is 8.10. The molecule has 1 N–H and O–H groups in total. The van der Waals surface area contributed by atoms with Crippen LogP contribution in [-0.4, -0.2) is 10.5 Å². The average Bonchev–Trinajstić information content (AvgIpc) is 3.11. The highest BCUT2D eigenvalue weighted by Gasteiger charge is 2.34. The van der Waals surface area contributed by atoms with Crippen molar-refractivity contribution in [2.75, 3.05) is 10.2 Å². The van der Waals surface area contributed by atoms with Crippen LogP contribution in [0.2, 0.25) is 0 Å². The van der Waals surface area contributed by atoms with Gasteiger partial charge in [0.05, 0.1) is 5.56 Å². The van der Waals surface area contributed by atoms with Gasteiger partial charge in [-0.05, 0) is 60.2 Å². The van der Waals surface area contributed by atoms with Crippen molar-refractivity contribution in [3.8, 4) is 0 Å². The molecule has 0 unspecified atom stereocenters. The van der Waals surface area contributed by atoms with Crippen molar-refractivity contribution in [3.63, 3.8) is 0 Å². The van der Waals surface area contributed by atoms with Crippen LogP contribution in [0.3, 0.4) is 0 Å². The lowest BCUT2D eigenvalue weighted by Crippen LogP contribution is -2.43. The Morgan fingerprint density at radius 3 is 2.38 bits per heavy atom. The van der Waals surface area contributed by atoms with Gasteiger partial charge < -0.3 is 9.88 Å². The molecule has 5 heteroatoms. The van der Waals surface area contributed by atoms with Crippen molar-refractivity contribution in [1.29, 1.82) is 0 Å². The van der Waals surface area contributed by atoms with E-state index < -0.39 is 6.17 Å². The molecule has 0 aliphatic carbocycles. The lowest BCUT2D eigenvalue weighted by molar-refractivity contribution is 0.0975. The molecule has 4 aromatic carbocycles. The number of nitrogens with one attached hydrogen (secondary N) is 1. The Labute approximate surface area is 184 Å². The van der Waals surface area contributed by atoms with E-state index in [1.165, 1.54) is 17.5 Å². The third-order valence-corrected chi connectivity index (χ3v) is 6.28. The first-order valence-corrected chi connectivity index (χ1v) is 10.5. The maximum atomic E-state index is 13.6. The first-order chi connectivity index (χ1) is 15.6. The van der Waals surface area contributed by atoms with Crippen molar-refractivity contribution < 1.29 is 9.18 Å². The Hall–Kier alpha value is -4.12. The number of nitrogens with zero attached hydrogens (tertiary/aromatic N) is 2. The summed E-state index contributed by atoms with van der Waals surface area (Å²) in [5.74, 6) is -0.450. The molecule has 1 amide bonds. The molecule has 1 aliphatic rings. The zero-order valence-electron chi connectivity index (χ0n) is 17.4. The normalized spacial score (nSPS) is 15.8. The minimum absolute atomic E-state index is 0.117. The fourth-order valence-corrected chi connectivity index (χ4v) is 4.71. The summed E-state index contributed by atoms with van der Waals surface area (Å²) in [6, 6.07) is 28.1. The maximum Gasteiger partial charge on any atom is 0.262 e. The monoisotopic (exact) mass is 421 g/mol. The van der Waals surface area contributed by atoms with Gasteiger partial charge in [-0.2, -0.15) is 0 Å². The summed E-state index contributed by atoms with van der Waals surface area (Å²) in [7, 11) is 2.06. The van der Waals surface area contributed by atoms with Crippen LogP contribution in [0.5, 0.6) is 0 Å². The van der Waals surface area contributed by atoms with Crippen LogP contribution in [0, 0.1) is 5.82 Å². The number of para-hydroxylation sites is 2. The predicted octanol–water partition coefficient (Wildman–Crippen LogP) is 6.24. The minimum atomic E-state index is -0.425. The summed E-state index contributed by atoms with van der Waals surface area (Å²) in [6.45, 7) is 0. The second-order valence-electron chi connectivity index (χ2n) is 8.10. The molecule has 6 rings (SSSR count). The SMILES string of the molecule is Cn1c2ccccc2c2cc([C@@H]3Nc4ccccc4C(=O)N3c3ccc(F)cc3)ccc21. The van der Waals surface area contributed by atoms with Gasteiger partial charge in [-0.25, -0.2) is 4.39 Å².